The molecular weight excluding hydrogens is 280 g/mol. The van der Waals surface area contributed by atoms with Crippen LogP contribution in [0.1, 0.15) is 21.8 Å². The quantitative estimate of drug-likeness (QED) is 0.802. The third-order valence-corrected chi connectivity index (χ3v) is 3.02. The van der Waals surface area contributed by atoms with Crippen molar-refractivity contribution in [1.82, 2.24) is 4.98 Å². The second-order valence-electron chi connectivity index (χ2n) is 4.52. The first-order chi connectivity index (χ1) is 10.0. The molecule has 0 aliphatic heterocycles. The lowest BCUT2D eigenvalue weighted by Gasteiger charge is -1.98. The van der Waals surface area contributed by atoms with Gasteiger partial charge in [0.25, 0.3) is 0 Å². The molecule has 0 spiro atoms. The first-order valence-corrected chi connectivity index (χ1v) is 6.09. The van der Waals surface area contributed by atoms with Gasteiger partial charge in [0.1, 0.15) is 5.52 Å². The fourth-order valence-corrected chi connectivity index (χ4v) is 2.01. The van der Waals surface area contributed by atoms with Crippen molar-refractivity contribution >= 4 is 17.1 Å². The van der Waals surface area contributed by atoms with Crippen LogP contribution in [0.3, 0.4) is 0 Å². The van der Waals surface area contributed by atoms with Crippen LogP contribution in [0.15, 0.2) is 40.8 Å². The summed E-state index contributed by atoms with van der Waals surface area (Å²) in [6.45, 7) is 0. The van der Waals surface area contributed by atoms with E-state index in [1.165, 1.54) is 24.3 Å². The highest BCUT2D eigenvalue weighted by Gasteiger charge is 2.11. The lowest BCUT2D eigenvalue weighted by Crippen LogP contribution is -1.94. The molecule has 1 aromatic heterocycles. The minimum absolute atomic E-state index is 0.0954. The summed E-state index contributed by atoms with van der Waals surface area (Å²) in [6, 6.07) is 7.89. The SMILES string of the molecule is O=C(O)c1ccc2nc(Cc3ccc(F)c(F)c3)oc2c1. The fraction of sp³-hybridized carbons (Fsp3) is 0.0667. The summed E-state index contributed by atoms with van der Waals surface area (Å²) in [4.78, 5) is 15.1. The van der Waals surface area contributed by atoms with Crippen molar-refractivity contribution in [2.24, 2.45) is 0 Å². The van der Waals surface area contributed by atoms with E-state index in [1.807, 2.05) is 0 Å². The van der Waals surface area contributed by atoms with Gasteiger partial charge in [-0.25, -0.2) is 18.6 Å². The molecule has 0 saturated carbocycles. The van der Waals surface area contributed by atoms with Gasteiger partial charge in [0.15, 0.2) is 23.1 Å². The average Bonchev–Trinajstić information content (AvgIpc) is 2.84. The van der Waals surface area contributed by atoms with Crippen LogP contribution < -0.4 is 0 Å². The van der Waals surface area contributed by atoms with Gasteiger partial charge in [-0.15, -0.1) is 0 Å². The molecule has 4 nitrogen and oxygen atoms in total. The second kappa shape index (κ2) is 4.97. The van der Waals surface area contributed by atoms with E-state index in [0.29, 0.717) is 22.6 Å². The number of rotatable bonds is 3. The highest BCUT2D eigenvalue weighted by atomic mass is 19.2. The Morgan fingerprint density at radius 1 is 1.14 bits per heavy atom. The zero-order valence-corrected chi connectivity index (χ0v) is 10.6. The highest BCUT2D eigenvalue weighted by Crippen LogP contribution is 2.20. The predicted octanol–water partition coefficient (Wildman–Crippen LogP) is 3.40. The number of nitrogens with zero attached hydrogens (tertiary/aromatic N) is 1. The van der Waals surface area contributed by atoms with E-state index in [1.54, 1.807) is 0 Å². The van der Waals surface area contributed by atoms with Crippen LogP contribution in [0.25, 0.3) is 11.1 Å². The molecule has 0 saturated heterocycles. The van der Waals surface area contributed by atoms with E-state index < -0.39 is 17.6 Å². The molecule has 6 heteroatoms. The Morgan fingerprint density at radius 2 is 1.95 bits per heavy atom. The first kappa shape index (κ1) is 13.2. The van der Waals surface area contributed by atoms with Crippen LogP contribution in [0, 0.1) is 11.6 Å². The molecule has 0 aliphatic rings. The smallest absolute Gasteiger partial charge is 0.335 e. The molecule has 1 N–H and O–H groups in total. The van der Waals surface area contributed by atoms with Crippen molar-refractivity contribution < 1.29 is 23.1 Å². The molecule has 0 radical (unpaired) electrons. The number of oxazole rings is 1. The summed E-state index contributed by atoms with van der Waals surface area (Å²) < 4.78 is 31.4. The zero-order chi connectivity index (χ0) is 15.0. The molecule has 0 unspecified atom stereocenters. The summed E-state index contributed by atoms with van der Waals surface area (Å²) in [5.41, 5.74) is 1.46. The van der Waals surface area contributed by atoms with Crippen molar-refractivity contribution in [3.8, 4) is 0 Å². The van der Waals surface area contributed by atoms with Crippen molar-refractivity contribution in [3.05, 3.63) is 65.1 Å². The van der Waals surface area contributed by atoms with E-state index in [-0.39, 0.29) is 12.0 Å². The molecular formula is C15H9F2NO3. The highest BCUT2D eigenvalue weighted by molar-refractivity contribution is 5.91. The van der Waals surface area contributed by atoms with Gasteiger partial charge in [-0.05, 0) is 35.9 Å². The van der Waals surface area contributed by atoms with Gasteiger partial charge in [-0.2, -0.15) is 0 Å². The van der Waals surface area contributed by atoms with Gasteiger partial charge in [-0.3, -0.25) is 0 Å². The third kappa shape index (κ3) is 2.60. The Hall–Kier alpha value is -2.76. The lowest BCUT2D eigenvalue weighted by molar-refractivity contribution is 0.0697. The Balaban J connectivity index is 1.93. The molecule has 3 rings (SSSR count). The maximum absolute atomic E-state index is 13.1. The van der Waals surface area contributed by atoms with E-state index in [0.717, 1.165) is 12.1 Å². The number of fused-ring (bicyclic) bond motifs is 1. The van der Waals surface area contributed by atoms with Crippen LogP contribution in [0.5, 0.6) is 0 Å². The molecule has 0 fully saturated rings. The molecule has 0 atom stereocenters. The minimum atomic E-state index is -1.06. The van der Waals surface area contributed by atoms with Crippen molar-refractivity contribution in [2.75, 3.05) is 0 Å². The first-order valence-electron chi connectivity index (χ1n) is 6.09. The maximum Gasteiger partial charge on any atom is 0.335 e. The molecule has 3 aromatic rings. The maximum atomic E-state index is 13.1. The summed E-state index contributed by atoms with van der Waals surface area (Å²) in [7, 11) is 0. The van der Waals surface area contributed by atoms with Crippen molar-refractivity contribution in [1.29, 1.82) is 0 Å². The van der Waals surface area contributed by atoms with Crippen LogP contribution in [0.4, 0.5) is 8.78 Å². The Kier molecular flexibility index (Phi) is 3.13. The summed E-state index contributed by atoms with van der Waals surface area (Å²) >= 11 is 0. The Bertz CT molecular complexity index is 842. The van der Waals surface area contributed by atoms with Gasteiger partial charge in [0.05, 0.1) is 5.56 Å². The molecule has 1 heterocycles. The predicted molar refractivity (Wildman–Crippen MR) is 70.1 cm³/mol. The van der Waals surface area contributed by atoms with Crippen LogP contribution in [0.2, 0.25) is 0 Å². The van der Waals surface area contributed by atoms with Crippen LogP contribution >= 0.6 is 0 Å². The van der Waals surface area contributed by atoms with E-state index in [9.17, 15) is 13.6 Å². The number of aromatic carboxylic acids is 1. The largest absolute Gasteiger partial charge is 0.478 e. The van der Waals surface area contributed by atoms with Crippen LogP contribution in [-0.2, 0) is 6.42 Å². The van der Waals surface area contributed by atoms with Crippen molar-refractivity contribution in [3.63, 3.8) is 0 Å². The number of carbonyl (C=O) groups is 1. The van der Waals surface area contributed by atoms with Gasteiger partial charge < -0.3 is 9.52 Å². The monoisotopic (exact) mass is 289 g/mol. The van der Waals surface area contributed by atoms with E-state index in [4.69, 9.17) is 9.52 Å². The zero-order valence-electron chi connectivity index (χ0n) is 10.6. The molecule has 0 amide bonds. The molecule has 2 aromatic carbocycles. The van der Waals surface area contributed by atoms with Gasteiger partial charge in [0, 0.05) is 6.42 Å². The summed E-state index contributed by atoms with van der Waals surface area (Å²) in [6.07, 6.45) is 0.189. The Labute approximate surface area is 117 Å². The number of aromatic nitrogens is 1. The third-order valence-electron chi connectivity index (χ3n) is 3.02. The minimum Gasteiger partial charge on any atom is -0.478 e. The molecule has 106 valence electrons. The topological polar surface area (TPSA) is 63.3 Å². The standard InChI is InChI=1S/C15H9F2NO3/c16-10-3-1-8(5-11(10)17)6-14-18-12-4-2-9(15(19)20)7-13(12)21-14/h1-5,7H,6H2,(H,19,20). The molecule has 0 bridgehead atoms. The number of benzene rings is 2. The van der Waals surface area contributed by atoms with E-state index >= 15 is 0 Å². The summed E-state index contributed by atoms with van der Waals surface area (Å²) in [5, 5.41) is 8.90. The van der Waals surface area contributed by atoms with Gasteiger partial charge in [0.2, 0.25) is 0 Å². The number of carboxylic acids is 1. The summed E-state index contributed by atoms with van der Waals surface area (Å²) in [5.74, 6) is -2.60. The normalized spacial score (nSPS) is 11.0. The number of carboxylic acid groups (broad SMARTS) is 1. The number of hydrogen-bond donors (Lipinski definition) is 1. The van der Waals surface area contributed by atoms with Gasteiger partial charge >= 0.3 is 5.97 Å². The Morgan fingerprint density at radius 3 is 2.67 bits per heavy atom. The van der Waals surface area contributed by atoms with Crippen molar-refractivity contribution in [2.45, 2.75) is 6.42 Å². The number of hydrogen-bond acceptors (Lipinski definition) is 3. The average molecular weight is 289 g/mol. The second-order valence-corrected chi connectivity index (χ2v) is 4.52. The van der Waals surface area contributed by atoms with Crippen LogP contribution in [-0.4, -0.2) is 16.1 Å². The fourth-order valence-electron chi connectivity index (χ4n) is 2.01. The lowest BCUT2D eigenvalue weighted by atomic mass is 10.1. The van der Waals surface area contributed by atoms with E-state index in [2.05, 4.69) is 4.98 Å². The molecule has 0 aliphatic carbocycles. The number of halogens is 2. The van der Waals surface area contributed by atoms with Gasteiger partial charge in [-0.1, -0.05) is 6.07 Å². The molecule has 21 heavy (non-hydrogen) atoms.